The Kier molecular flexibility index (Phi) is 15.3. The molecule has 0 amide bonds. The van der Waals surface area contributed by atoms with E-state index in [0.717, 1.165) is 0 Å². The van der Waals surface area contributed by atoms with Crippen LogP contribution in [0.25, 0.3) is 0 Å². The van der Waals surface area contributed by atoms with Crippen LogP contribution in [0.5, 0.6) is 0 Å². The molecule has 0 bridgehead atoms. The Morgan fingerprint density at radius 2 is 1.18 bits per heavy atom. The van der Waals surface area contributed by atoms with E-state index in [0.29, 0.717) is 4.75 Å². The van der Waals surface area contributed by atoms with E-state index in [4.69, 9.17) is 0 Å². The molecule has 0 spiro atoms. The molecule has 0 unspecified atom stereocenters. The number of hydrogen-bond acceptors (Lipinski definition) is 1. The molecule has 0 atom stereocenters. The SMILES string of the molecule is C[C-](C)C.[CH2-]SC(C)(C)C.[Zr+2]. The molecule has 0 aromatic heterocycles. The second kappa shape index (κ2) is 9.32. The molecule has 0 fully saturated rings. The first-order chi connectivity index (χ1) is 4.29. The summed E-state index contributed by atoms with van der Waals surface area (Å²) in [5, 5.41) is 0. The van der Waals surface area contributed by atoms with E-state index in [2.05, 4.69) is 47.8 Å². The molecular weight excluding hydrogens is 231 g/mol. The molecular formula is C9H20SZr. The summed E-state index contributed by atoms with van der Waals surface area (Å²) in [5.41, 5.74) is 0. The third kappa shape index (κ3) is 53.4. The Bertz CT molecular complexity index is 61.7. The van der Waals surface area contributed by atoms with E-state index in [1.807, 2.05) is 0 Å². The Morgan fingerprint density at radius 1 is 1.09 bits per heavy atom. The summed E-state index contributed by atoms with van der Waals surface area (Å²) >= 11 is 1.63. The summed E-state index contributed by atoms with van der Waals surface area (Å²) in [5.74, 6) is 1.42. The van der Waals surface area contributed by atoms with Crippen LogP contribution in [0.15, 0.2) is 0 Å². The molecule has 0 aromatic rings. The van der Waals surface area contributed by atoms with Gasteiger partial charge in [0.15, 0.2) is 0 Å². The number of thioether (sulfide) groups is 1. The fourth-order valence-corrected chi connectivity index (χ4v) is 0. The van der Waals surface area contributed by atoms with Crippen molar-refractivity contribution < 1.29 is 26.2 Å². The Morgan fingerprint density at radius 3 is 1.18 bits per heavy atom. The van der Waals surface area contributed by atoms with Gasteiger partial charge in [-0.3, -0.25) is 6.26 Å². The van der Waals surface area contributed by atoms with Crippen molar-refractivity contribution in [2.75, 3.05) is 0 Å². The molecule has 2 heteroatoms. The van der Waals surface area contributed by atoms with Gasteiger partial charge in [0.25, 0.3) is 0 Å². The van der Waals surface area contributed by atoms with Crippen LogP contribution in [0.4, 0.5) is 0 Å². The summed E-state index contributed by atoms with van der Waals surface area (Å²) in [7, 11) is 0. The molecule has 0 rings (SSSR count). The minimum absolute atomic E-state index is 0. The van der Waals surface area contributed by atoms with E-state index in [1.165, 1.54) is 5.92 Å². The molecule has 11 heavy (non-hydrogen) atoms. The van der Waals surface area contributed by atoms with Gasteiger partial charge in [-0.2, -0.15) is 20.8 Å². The van der Waals surface area contributed by atoms with Crippen LogP contribution in [-0.4, -0.2) is 4.75 Å². The van der Waals surface area contributed by atoms with Gasteiger partial charge in [0.1, 0.15) is 0 Å². The van der Waals surface area contributed by atoms with Gasteiger partial charge >= 0.3 is 26.2 Å². The van der Waals surface area contributed by atoms with E-state index >= 15 is 0 Å². The zero-order valence-electron chi connectivity index (χ0n) is 8.62. The molecule has 0 saturated heterocycles. The van der Waals surface area contributed by atoms with Gasteiger partial charge in [-0.25, -0.2) is 0 Å². The van der Waals surface area contributed by atoms with Crippen molar-refractivity contribution in [2.24, 2.45) is 0 Å². The maximum absolute atomic E-state index is 3.67. The molecule has 0 radical (unpaired) electrons. The van der Waals surface area contributed by atoms with Crippen LogP contribution in [-0.2, 0) is 26.2 Å². The van der Waals surface area contributed by atoms with Crippen molar-refractivity contribution in [1.29, 1.82) is 0 Å². The second-order valence-electron chi connectivity index (χ2n) is 3.76. The predicted octanol–water partition coefficient (Wildman–Crippen LogP) is 3.93. The van der Waals surface area contributed by atoms with Gasteiger partial charge in [0.05, 0.1) is 0 Å². The first-order valence-electron chi connectivity index (χ1n) is 3.49. The molecule has 0 aliphatic heterocycles. The third-order valence-corrected chi connectivity index (χ3v) is 1.30. The van der Waals surface area contributed by atoms with Crippen molar-refractivity contribution in [3.63, 3.8) is 0 Å². The van der Waals surface area contributed by atoms with Crippen molar-refractivity contribution in [3.05, 3.63) is 12.2 Å². The van der Waals surface area contributed by atoms with E-state index < -0.39 is 0 Å². The average Bonchev–Trinajstić information content (AvgIpc) is 1.63. The second-order valence-corrected chi connectivity index (χ2v) is 5.27. The van der Waals surface area contributed by atoms with Crippen molar-refractivity contribution in [3.8, 4) is 0 Å². The molecule has 66 valence electrons. The minimum Gasteiger partial charge on any atom is -0.349 e. The normalized spacial score (nSPS) is 9.82. The maximum Gasteiger partial charge on any atom is 2.00 e. The van der Waals surface area contributed by atoms with Crippen LogP contribution in [0.1, 0.15) is 41.5 Å². The number of hydrogen-bond donors (Lipinski definition) is 0. The molecule has 0 aliphatic rings. The predicted molar refractivity (Wildman–Crippen MR) is 53.0 cm³/mol. The minimum atomic E-state index is 0. The smallest absolute Gasteiger partial charge is 0.349 e. The molecule has 0 heterocycles. The van der Waals surface area contributed by atoms with Crippen LogP contribution in [0.3, 0.4) is 0 Å². The van der Waals surface area contributed by atoms with Gasteiger partial charge in [-0.15, -0.1) is 0 Å². The van der Waals surface area contributed by atoms with Gasteiger partial charge in [0.2, 0.25) is 0 Å². The summed E-state index contributed by atoms with van der Waals surface area (Å²) in [6.07, 6.45) is 3.67. The largest absolute Gasteiger partial charge is 2.00 e. The van der Waals surface area contributed by atoms with E-state index in [9.17, 15) is 0 Å². The molecule has 0 saturated carbocycles. The Balaban J connectivity index is -0.000000114. The summed E-state index contributed by atoms with van der Waals surface area (Å²) in [6, 6.07) is 0. The van der Waals surface area contributed by atoms with Crippen molar-refractivity contribution in [1.82, 2.24) is 0 Å². The van der Waals surface area contributed by atoms with Crippen LogP contribution in [0, 0.1) is 12.2 Å². The summed E-state index contributed by atoms with van der Waals surface area (Å²) < 4.78 is 0.347. The van der Waals surface area contributed by atoms with E-state index in [1.54, 1.807) is 11.8 Å². The quantitative estimate of drug-likeness (QED) is 0.588. The van der Waals surface area contributed by atoms with Crippen molar-refractivity contribution >= 4 is 11.8 Å². The topological polar surface area (TPSA) is 0 Å². The van der Waals surface area contributed by atoms with Crippen molar-refractivity contribution in [2.45, 2.75) is 46.3 Å². The summed E-state index contributed by atoms with van der Waals surface area (Å²) in [6.45, 7) is 12.7. The molecule has 0 nitrogen and oxygen atoms in total. The molecule has 0 aromatic carbocycles. The number of rotatable bonds is 0. The zero-order valence-corrected chi connectivity index (χ0v) is 11.9. The summed E-state index contributed by atoms with van der Waals surface area (Å²) in [4.78, 5) is 0. The monoisotopic (exact) mass is 250 g/mol. The van der Waals surface area contributed by atoms with Gasteiger partial charge in [0, 0.05) is 0 Å². The Hall–Kier alpha value is 1.23. The van der Waals surface area contributed by atoms with Crippen LogP contribution < -0.4 is 0 Å². The first-order valence-corrected chi connectivity index (χ1v) is 4.48. The average molecular weight is 252 g/mol. The van der Waals surface area contributed by atoms with Gasteiger partial charge < -0.3 is 17.7 Å². The van der Waals surface area contributed by atoms with E-state index in [-0.39, 0.29) is 26.2 Å². The standard InChI is InChI=1S/C5H11S.C4H9.Zr/c1-5(2,3)6-4;1-4(2)3;/h4H2,1-3H3;1-3H3;/q2*-1;+2. The van der Waals surface area contributed by atoms with Crippen LogP contribution >= 0.6 is 11.8 Å². The van der Waals surface area contributed by atoms with Gasteiger partial charge in [-0.05, 0) is 4.75 Å². The van der Waals surface area contributed by atoms with Crippen LogP contribution in [0.2, 0.25) is 0 Å². The Labute approximate surface area is 96.0 Å². The molecule has 0 N–H and O–H groups in total. The fraction of sp³-hybridized carbons (Fsp3) is 0.778. The maximum atomic E-state index is 3.67. The third-order valence-electron chi connectivity index (χ3n) is 0.433. The molecule has 0 aliphatic carbocycles. The van der Waals surface area contributed by atoms with Gasteiger partial charge in [-0.1, -0.05) is 20.8 Å². The fourth-order valence-electron chi connectivity index (χ4n) is 0. The first kappa shape index (κ1) is 18.1. The zero-order chi connectivity index (χ0) is 8.78.